The third-order valence-corrected chi connectivity index (χ3v) is 3.24. The largest absolute Gasteiger partial charge is 0.361 e. The summed E-state index contributed by atoms with van der Waals surface area (Å²) < 4.78 is 0. The number of hydrogen-bond acceptors (Lipinski definition) is 2. The molecule has 0 aromatic heterocycles. The zero-order chi connectivity index (χ0) is 10.3. The van der Waals surface area contributed by atoms with E-state index in [0.717, 1.165) is 11.5 Å². The maximum atomic E-state index is 5.31. The van der Waals surface area contributed by atoms with Crippen LogP contribution in [0, 0.1) is 0 Å². The Bertz CT molecular complexity index is 243. The quantitative estimate of drug-likeness (QED) is 0.539. The SMILES string of the molecule is C=CCN1C(C)(C)NC(=S)C1(C)C. The first-order valence-electron chi connectivity index (χ1n) is 4.53. The van der Waals surface area contributed by atoms with Crippen molar-refractivity contribution in [3.63, 3.8) is 0 Å². The molecule has 1 fully saturated rings. The van der Waals surface area contributed by atoms with Crippen molar-refractivity contribution >= 4 is 17.2 Å². The molecule has 1 aliphatic rings. The normalized spacial score (nSPS) is 25.7. The van der Waals surface area contributed by atoms with Crippen molar-refractivity contribution in [2.45, 2.75) is 38.9 Å². The van der Waals surface area contributed by atoms with Gasteiger partial charge in [-0.15, -0.1) is 6.58 Å². The van der Waals surface area contributed by atoms with E-state index in [-0.39, 0.29) is 11.2 Å². The maximum Gasteiger partial charge on any atom is 0.0969 e. The summed E-state index contributed by atoms with van der Waals surface area (Å²) in [6, 6.07) is 0. The zero-order valence-electron chi connectivity index (χ0n) is 8.85. The second-order valence-electron chi connectivity index (χ2n) is 4.47. The average Bonchev–Trinajstić information content (AvgIpc) is 2.10. The van der Waals surface area contributed by atoms with Crippen molar-refractivity contribution in [1.82, 2.24) is 10.2 Å². The van der Waals surface area contributed by atoms with E-state index < -0.39 is 0 Å². The van der Waals surface area contributed by atoms with Crippen molar-refractivity contribution in [2.24, 2.45) is 0 Å². The molecule has 0 unspecified atom stereocenters. The Kier molecular flexibility index (Phi) is 2.52. The smallest absolute Gasteiger partial charge is 0.0969 e. The predicted molar refractivity (Wildman–Crippen MR) is 60.8 cm³/mol. The van der Waals surface area contributed by atoms with Crippen LogP contribution in [-0.2, 0) is 0 Å². The molecule has 1 aliphatic heterocycles. The van der Waals surface area contributed by atoms with Crippen LogP contribution < -0.4 is 5.32 Å². The standard InChI is InChI=1S/C10H18N2S/c1-6-7-12-9(2,3)8(13)11-10(12,4)5/h6H,1,7H2,2-5H3,(H,11,13). The first kappa shape index (κ1) is 10.7. The highest BCUT2D eigenvalue weighted by atomic mass is 32.1. The van der Waals surface area contributed by atoms with Crippen LogP contribution in [-0.4, -0.2) is 27.6 Å². The molecule has 0 saturated carbocycles. The van der Waals surface area contributed by atoms with Gasteiger partial charge in [-0.25, -0.2) is 0 Å². The van der Waals surface area contributed by atoms with Crippen molar-refractivity contribution < 1.29 is 0 Å². The topological polar surface area (TPSA) is 15.3 Å². The van der Waals surface area contributed by atoms with E-state index in [0.29, 0.717) is 0 Å². The van der Waals surface area contributed by atoms with E-state index in [9.17, 15) is 0 Å². The lowest BCUT2D eigenvalue weighted by Crippen LogP contribution is -2.51. The van der Waals surface area contributed by atoms with Gasteiger partial charge in [0.2, 0.25) is 0 Å². The van der Waals surface area contributed by atoms with Gasteiger partial charge in [0.1, 0.15) is 0 Å². The van der Waals surface area contributed by atoms with Crippen LogP contribution >= 0.6 is 12.2 Å². The van der Waals surface area contributed by atoms with Gasteiger partial charge in [-0.3, -0.25) is 4.90 Å². The van der Waals surface area contributed by atoms with Crippen LogP contribution in [0.2, 0.25) is 0 Å². The highest BCUT2D eigenvalue weighted by Gasteiger charge is 2.47. The average molecular weight is 198 g/mol. The fourth-order valence-electron chi connectivity index (χ4n) is 1.91. The lowest BCUT2D eigenvalue weighted by Gasteiger charge is -2.37. The lowest BCUT2D eigenvalue weighted by atomic mass is 10.0. The molecule has 0 radical (unpaired) electrons. The highest BCUT2D eigenvalue weighted by Crippen LogP contribution is 2.30. The van der Waals surface area contributed by atoms with Crippen LogP contribution in [0.4, 0.5) is 0 Å². The molecule has 3 heteroatoms. The second-order valence-corrected chi connectivity index (χ2v) is 4.88. The van der Waals surface area contributed by atoms with Gasteiger partial charge in [0.25, 0.3) is 0 Å². The summed E-state index contributed by atoms with van der Waals surface area (Å²) in [7, 11) is 0. The molecule has 0 amide bonds. The molecule has 2 nitrogen and oxygen atoms in total. The molecule has 1 N–H and O–H groups in total. The first-order chi connectivity index (χ1) is 5.82. The van der Waals surface area contributed by atoms with Crippen molar-refractivity contribution in [3.8, 4) is 0 Å². The highest BCUT2D eigenvalue weighted by molar-refractivity contribution is 7.80. The fraction of sp³-hybridized carbons (Fsp3) is 0.700. The molecular weight excluding hydrogens is 180 g/mol. The van der Waals surface area contributed by atoms with Gasteiger partial charge in [-0.1, -0.05) is 18.3 Å². The van der Waals surface area contributed by atoms with Crippen molar-refractivity contribution in [3.05, 3.63) is 12.7 Å². The van der Waals surface area contributed by atoms with E-state index >= 15 is 0 Å². The van der Waals surface area contributed by atoms with Crippen LogP contribution in [0.5, 0.6) is 0 Å². The number of hydrogen-bond donors (Lipinski definition) is 1. The Balaban J connectivity index is 2.99. The summed E-state index contributed by atoms with van der Waals surface area (Å²) in [5.41, 5.74) is -0.123. The summed E-state index contributed by atoms with van der Waals surface area (Å²) in [4.78, 5) is 3.23. The Morgan fingerprint density at radius 2 is 2.00 bits per heavy atom. The Morgan fingerprint density at radius 1 is 1.46 bits per heavy atom. The third kappa shape index (κ3) is 1.63. The van der Waals surface area contributed by atoms with E-state index in [1.165, 1.54) is 0 Å². The molecule has 1 heterocycles. The molecule has 0 aromatic rings. The van der Waals surface area contributed by atoms with E-state index in [1.807, 2.05) is 6.08 Å². The van der Waals surface area contributed by atoms with E-state index in [4.69, 9.17) is 12.2 Å². The van der Waals surface area contributed by atoms with E-state index in [1.54, 1.807) is 0 Å². The van der Waals surface area contributed by atoms with Crippen LogP contribution in [0.25, 0.3) is 0 Å². The molecule has 1 saturated heterocycles. The molecule has 13 heavy (non-hydrogen) atoms. The second kappa shape index (κ2) is 3.07. The van der Waals surface area contributed by atoms with Gasteiger partial charge in [-0.2, -0.15) is 0 Å². The minimum absolute atomic E-state index is 0.0607. The van der Waals surface area contributed by atoms with Crippen molar-refractivity contribution in [2.75, 3.05) is 6.54 Å². The summed E-state index contributed by atoms with van der Waals surface area (Å²) in [5, 5.41) is 3.33. The van der Waals surface area contributed by atoms with Gasteiger partial charge in [0.05, 0.1) is 16.2 Å². The minimum atomic E-state index is -0.0625. The Labute approximate surface area is 86.0 Å². The van der Waals surface area contributed by atoms with Gasteiger partial charge < -0.3 is 5.32 Å². The van der Waals surface area contributed by atoms with Gasteiger partial charge in [-0.05, 0) is 27.7 Å². The van der Waals surface area contributed by atoms with Gasteiger partial charge in [0.15, 0.2) is 0 Å². The van der Waals surface area contributed by atoms with Crippen LogP contribution in [0.3, 0.4) is 0 Å². The summed E-state index contributed by atoms with van der Waals surface area (Å²) in [5.74, 6) is 0. The van der Waals surface area contributed by atoms with Crippen molar-refractivity contribution in [1.29, 1.82) is 0 Å². The molecular formula is C10H18N2S. The Hall–Kier alpha value is -0.410. The number of nitrogens with one attached hydrogen (secondary N) is 1. The molecule has 74 valence electrons. The Morgan fingerprint density at radius 3 is 2.31 bits per heavy atom. The van der Waals surface area contributed by atoms with Gasteiger partial charge >= 0.3 is 0 Å². The lowest BCUT2D eigenvalue weighted by molar-refractivity contribution is 0.0965. The minimum Gasteiger partial charge on any atom is -0.361 e. The predicted octanol–water partition coefficient (Wildman–Crippen LogP) is 1.92. The van der Waals surface area contributed by atoms with Gasteiger partial charge in [0, 0.05) is 6.54 Å². The number of thiocarbonyl (C=S) groups is 1. The number of rotatable bonds is 2. The summed E-state index contributed by atoms with van der Waals surface area (Å²) >= 11 is 5.31. The van der Waals surface area contributed by atoms with E-state index in [2.05, 4.69) is 44.5 Å². The maximum absolute atomic E-state index is 5.31. The summed E-state index contributed by atoms with van der Waals surface area (Å²) in [6.45, 7) is 13.2. The number of nitrogens with zero attached hydrogens (tertiary/aromatic N) is 1. The third-order valence-electron chi connectivity index (χ3n) is 2.64. The zero-order valence-corrected chi connectivity index (χ0v) is 9.66. The molecule has 0 aromatic carbocycles. The molecule has 0 aliphatic carbocycles. The molecule has 0 bridgehead atoms. The monoisotopic (exact) mass is 198 g/mol. The summed E-state index contributed by atoms with van der Waals surface area (Å²) in [6.07, 6.45) is 1.92. The fourth-order valence-corrected chi connectivity index (χ4v) is 2.27. The van der Waals surface area contributed by atoms with Crippen LogP contribution in [0.15, 0.2) is 12.7 Å². The van der Waals surface area contributed by atoms with Crippen LogP contribution in [0.1, 0.15) is 27.7 Å². The molecule has 0 spiro atoms. The molecule has 1 rings (SSSR count). The molecule has 0 atom stereocenters. The first-order valence-corrected chi connectivity index (χ1v) is 4.94.